The molecule has 11 rings (SSSR count). The van der Waals surface area contributed by atoms with Gasteiger partial charge in [0.1, 0.15) is 0 Å². The van der Waals surface area contributed by atoms with Crippen LogP contribution in [0, 0.1) is 41.5 Å². The van der Waals surface area contributed by atoms with Gasteiger partial charge in [-0.05, 0) is 171 Å². The van der Waals surface area contributed by atoms with E-state index in [1.54, 1.807) is 0 Å². The predicted molar refractivity (Wildman–Crippen MR) is 328 cm³/mol. The van der Waals surface area contributed by atoms with E-state index in [0.717, 1.165) is 0 Å². The second-order valence-corrected chi connectivity index (χ2v) is 20.1. The van der Waals surface area contributed by atoms with Gasteiger partial charge in [-0.25, -0.2) is 0 Å². The summed E-state index contributed by atoms with van der Waals surface area (Å²) in [4.78, 5) is 0. The van der Waals surface area contributed by atoms with E-state index in [1.807, 2.05) is 47.6 Å². The van der Waals surface area contributed by atoms with Gasteiger partial charge in [0.05, 0.1) is 0 Å². The molecule has 9 aromatic rings. The van der Waals surface area contributed by atoms with E-state index in [9.17, 15) is 0 Å². The van der Waals surface area contributed by atoms with Gasteiger partial charge in [0.2, 0.25) is 0 Å². The van der Waals surface area contributed by atoms with Crippen molar-refractivity contribution in [1.82, 2.24) is 0 Å². The zero-order valence-electron chi connectivity index (χ0n) is 47.8. The first-order valence-electron chi connectivity index (χ1n) is 27.6. The minimum atomic E-state index is 0.150. The highest BCUT2D eigenvalue weighted by atomic mass is 14.4. The molecule has 2 aliphatic rings. The Labute approximate surface area is 448 Å². The summed E-state index contributed by atoms with van der Waals surface area (Å²) in [5.74, 6) is 1.05. The van der Waals surface area contributed by atoms with Gasteiger partial charge in [0, 0.05) is 5.41 Å². The third-order valence-electron chi connectivity index (χ3n) is 14.9. The lowest BCUT2D eigenvalue weighted by Gasteiger charge is -2.23. The molecule has 0 fully saturated rings. The highest BCUT2D eigenvalue weighted by Gasteiger charge is 2.36. The van der Waals surface area contributed by atoms with Crippen LogP contribution in [0.3, 0.4) is 0 Å². The summed E-state index contributed by atoms with van der Waals surface area (Å²) in [6.45, 7) is 34.7. The van der Waals surface area contributed by atoms with E-state index < -0.39 is 0 Å². The second kappa shape index (κ2) is 25.8. The Hall–Kier alpha value is -7.02. The van der Waals surface area contributed by atoms with Crippen molar-refractivity contribution in [2.45, 2.75) is 134 Å². The Morgan fingerprint density at radius 3 is 1.46 bits per heavy atom. The fourth-order valence-corrected chi connectivity index (χ4v) is 11.3. The Morgan fingerprint density at radius 2 is 0.797 bits per heavy atom. The van der Waals surface area contributed by atoms with Crippen molar-refractivity contribution in [3.63, 3.8) is 0 Å². The molecule has 0 nitrogen and oxygen atoms in total. The van der Waals surface area contributed by atoms with Crippen LogP contribution in [-0.4, -0.2) is 0 Å². The van der Waals surface area contributed by atoms with Gasteiger partial charge in [0.25, 0.3) is 0 Å². The summed E-state index contributed by atoms with van der Waals surface area (Å²) in [6.07, 6.45) is 1.17. The molecule has 0 heteroatoms. The summed E-state index contributed by atoms with van der Waals surface area (Å²) in [7, 11) is 0. The number of benzene rings is 9. The van der Waals surface area contributed by atoms with E-state index in [-0.39, 0.29) is 5.41 Å². The molecular weight excluding hydrogens is 889 g/mol. The smallest absolute Gasteiger partial charge is 0.0161 e. The minimum absolute atomic E-state index is 0.150. The number of rotatable bonds is 4. The van der Waals surface area contributed by atoms with Gasteiger partial charge in [0.15, 0.2) is 0 Å². The Morgan fingerprint density at radius 1 is 0.338 bits per heavy atom. The topological polar surface area (TPSA) is 0 Å². The van der Waals surface area contributed by atoms with Crippen molar-refractivity contribution in [2.75, 3.05) is 0 Å². The summed E-state index contributed by atoms with van der Waals surface area (Å²) in [5, 5.41) is 0. The van der Waals surface area contributed by atoms with Gasteiger partial charge >= 0.3 is 0 Å². The predicted octanol–water partition coefficient (Wildman–Crippen LogP) is 22.2. The number of hydrogen-bond donors (Lipinski definition) is 0. The SMILES string of the molecule is CC.CC.CC.Cc1ccc(-c2ccccc2)cc1.Cc1ccc2c(c1)C(C)CC(C)c1cc(-c3cccc(C)c3-c3cccc(-c4ccccc4C)c3C)ccc1-2.Cc1cccc2c1C(C)(C)c1ccccc1-2. The molecule has 380 valence electrons. The van der Waals surface area contributed by atoms with Crippen LogP contribution in [0.15, 0.2) is 194 Å². The molecule has 2 aliphatic carbocycles. The van der Waals surface area contributed by atoms with Crippen LogP contribution in [0.1, 0.15) is 143 Å². The summed E-state index contributed by atoms with van der Waals surface area (Å²) >= 11 is 0. The van der Waals surface area contributed by atoms with E-state index in [4.69, 9.17) is 0 Å². The van der Waals surface area contributed by atoms with Crippen molar-refractivity contribution in [3.8, 4) is 66.8 Å². The number of fused-ring (bicyclic) bond motifs is 6. The van der Waals surface area contributed by atoms with Crippen molar-refractivity contribution in [1.29, 1.82) is 0 Å². The van der Waals surface area contributed by atoms with Gasteiger partial charge in [-0.3, -0.25) is 0 Å². The second-order valence-electron chi connectivity index (χ2n) is 20.1. The molecule has 0 aliphatic heterocycles. The van der Waals surface area contributed by atoms with Crippen LogP contribution >= 0.6 is 0 Å². The van der Waals surface area contributed by atoms with Crippen LogP contribution in [-0.2, 0) is 5.41 Å². The quantitative estimate of drug-likeness (QED) is 0.165. The Balaban J connectivity index is 0.000000208. The summed E-state index contributed by atoms with van der Waals surface area (Å²) < 4.78 is 0. The Bertz CT molecular complexity index is 3250. The summed E-state index contributed by atoms with van der Waals surface area (Å²) in [6, 6.07) is 70.9. The molecule has 0 bridgehead atoms. The third kappa shape index (κ3) is 12.0. The van der Waals surface area contributed by atoms with Crippen molar-refractivity contribution >= 4 is 0 Å². The molecule has 0 saturated carbocycles. The zero-order chi connectivity index (χ0) is 53.7. The van der Waals surface area contributed by atoms with E-state index in [1.165, 1.54) is 129 Å². The van der Waals surface area contributed by atoms with Crippen LogP contribution < -0.4 is 0 Å². The van der Waals surface area contributed by atoms with Crippen molar-refractivity contribution in [2.24, 2.45) is 0 Å². The highest BCUT2D eigenvalue weighted by molar-refractivity contribution is 5.91. The minimum Gasteiger partial charge on any atom is -0.0683 e. The molecule has 0 heterocycles. The first kappa shape index (κ1) is 56.3. The van der Waals surface area contributed by atoms with E-state index in [2.05, 4.69) is 257 Å². The van der Waals surface area contributed by atoms with Gasteiger partial charge in [-0.2, -0.15) is 0 Å². The van der Waals surface area contributed by atoms with Gasteiger partial charge in [-0.15, -0.1) is 0 Å². The lowest BCUT2D eigenvalue weighted by atomic mass is 9.80. The lowest BCUT2D eigenvalue weighted by Crippen LogP contribution is -2.16. The molecule has 0 aromatic heterocycles. The maximum atomic E-state index is 2.49. The molecule has 0 spiro atoms. The van der Waals surface area contributed by atoms with Crippen molar-refractivity contribution in [3.05, 3.63) is 250 Å². The van der Waals surface area contributed by atoms with Crippen LogP contribution in [0.25, 0.3) is 66.8 Å². The average Bonchev–Trinajstić information content (AvgIpc) is 3.61. The zero-order valence-corrected chi connectivity index (χ0v) is 47.8. The van der Waals surface area contributed by atoms with Crippen LogP contribution in [0.4, 0.5) is 0 Å². The van der Waals surface area contributed by atoms with Gasteiger partial charge < -0.3 is 0 Å². The maximum absolute atomic E-state index is 2.49. The molecule has 2 unspecified atom stereocenters. The third-order valence-corrected chi connectivity index (χ3v) is 14.9. The number of hydrogen-bond acceptors (Lipinski definition) is 0. The monoisotopic (exact) mass is 973 g/mol. The molecule has 9 aromatic carbocycles. The normalized spacial score (nSPS) is 14.0. The lowest BCUT2D eigenvalue weighted by molar-refractivity contribution is 0.601. The molecule has 0 N–H and O–H groups in total. The molecule has 0 saturated heterocycles. The van der Waals surface area contributed by atoms with E-state index >= 15 is 0 Å². The largest absolute Gasteiger partial charge is 0.0683 e. The fourth-order valence-electron chi connectivity index (χ4n) is 11.3. The van der Waals surface area contributed by atoms with Crippen molar-refractivity contribution < 1.29 is 0 Å². The average molecular weight is 973 g/mol. The maximum Gasteiger partial charge on any atom is 0.0161 e. The molecule has 0 radical (unpaired) electrons. The molecule has 2 atom stereocenters. The molecular formula is C74H84. The molecule has 74 heavy (non-hydrogen) atoms. The molecule has 0 amide bonds. The van der Waals surface area contributed by atoms with Crippen LogP contribution in [0.2, 0.25) is 0 Å². The first-order valence-corrected chi connectivity index (χ1v) is 27.6. The highest BCUT2D eigenvalue weighted by Crippen LogP contribution is 2.50. The first-order chi connectivity index (χ1) is 35.8. The van der Waals surface area contributed by atoms with Gasteiger partial charge in [-0.1, -0.05) is 274 Å². The fraction of sp³-hybridized carbons (Fsp3) is 0.270. The Kier molecular flexibility index (Phi) is 19.6. The standard InChI is InChI=1S/C39H38.C16H16.C13H12.3C2H6/c1-24-17-19-35-36-20-18-30(23-38(36)28(5)22-27(4)37(35)21-24)34-16-9-12-26(3)39(34)33-15-10-14-32(29(33)6)31-13-8-7-11-25(31)2;1-11-7-6-9-13-12-8-4-5-10-14(12)16(2,3)15(11)13;1-11-7-9-13(10-8-11)12-5-3-2-4-6-12;3*1-2/h7-21,23,27-28H,22H2,1-6H3;4-10H,1-3H3;2-10H,1H3;3*1-2H3. The van der Waals surface area contributed by atoms with E-state index in [0.29, 0.717) is 11.8 Å². The number of aryl methyl sites for hydroxylation is 5. The summed E-state index contributed by atoms with van der Waals surface area (Å²) in [5.41, 5.74) is 30.2. The van der Waals surface area contributed by atoms with Crippen LogP contribution in [0.5, 0.6) is 0 Å².